The van der Waals surface area contributed by atoms with Gasteiger partial charge in [-0.15, -0.1) is 0 Å². The molecule has 0 unspecified atom stereocenters. The van der Waals surface area contributed by atoms with Gasteiger partial charge in [-0.05, 0) is 12.1 Å². The quantitative estimate of drug-likeness (QED) is 0.740. The average Bonchev–Trinajstić information content (AvgIpc) is 2.51. The number of hydrogen-bond donors (Lipinski definition) is 0. The number of hydrogen-bond acceptors (Lipinski definition) is 3. The van der Waals surface area contributed by atoms with Crippen molar-refractivity contribution in [1.82, 2.24) is 9.55 Å². The van der Waals surface area contributed by atoms with E-state index in [9.17, 15) is 0 Å². The van der Waals surface area contributed by atoms with Crippen molar-refractivity contribution in [1.29, 1.82) is 0 Å². The van der Waals surface area contributed by atoms with Crippen LogP contribution >= 0.6 is 0 Å². The molecule has 2 heterocycles. The fourth-order valence-electron chi connectivity index (χ4n) is 1.66. The molecule has 0 bridgehead atoms. The first-order valence-electron chi connectivity index (χ1n) is 5.00. The third kappa shape index (κ3) is 1.37. The first-order chi connectivity index (χ1) is 7.34. The summed E-state index contributed by atoms with van der Waals surface area (Å²) in [6.07, 6.45) is 0.167. The lowest BCUT2D eigenvalue weighted by atomic mass is 10.3. The van der Waals surface area contributed by atoms with Crippen molar-refractivity contribution >= 4 is 11.0 Å². The molecule has 1 aromatic carbocycles. The van der Waals surface area contributed by atoms with E-state index in [0.29, 0.717) is 19.2 Å². The largest absolute Gasteiger partial charge is 0.456 e. The Bertz CT molecular complexity index is 488. The molecule has 1 aromatic heterocycles. The van der Waals surface area contributed by atoms with Crippen molar-refractivity contribution in [3.05, 3.63) is 24.3 Å². The molecule has 3 rings (SSSR count). The van der Waals surface area contributed by atoms with Gasteiger partial charge in [0.15, 0.2) is 0 Å². The van der Waals surface area contributed by atoms with Crippen LogP contribution in [0.1, 0.15) is 0 Å². The Hall–Kier alpha value is -1.55. The molecule has 0 radical (unpaired) electrons. The van der Waals surface area contributed by atoms with E-state index < -0.39 is 0 Å². The number of aryl methyl sites for hydroxylation is 1. The van der Waals surface area contributed by atoms with Gasteiger partial charge >= 0.3 is 0 Å². The lowest BCUT2D eigenvalue weighted by molar-refractivity contribution is -0.0838. The zero-order valence-electron chi connectivity index (χ0n) is 8.51. The summed E-state index contributed by atoms with van der Waals surface area (Å²) in [6.45, 7) is 1.34. The fourth-order valence-corrected chi connectivity index (χ4v) is 1.66. The van der Waals surface area contributed by atoms with E-state index in [2.05, 4.69) is 4.98 Å². The minimum absolute atomic E-state index is 0.167. The van der Waals surface area contributed by atoms with Crippen molar-refractivity contribution in [3.8, 4) is 6.01 Å². The van der Waals surface area contributed by atoms with Gasteiger partial charge in [-0.25, -0.2) is 0 Å². The van der Waals surface area contributed by atoms with Crippen molar-refractivity contribution in [3.63, 3.8) is 0 Å². The number of benzene rings is 1. The number of imidazole rings is 1. The van der Waals surface area contributed by atoms with Crippen LogP contribution in [0.5, 0.6) is 6.01 Å². The van der Waals surface area contributed by atoms with Crippen LogP contribution in [0.2, 0.25) is 0 Å². The van der Waals surface area contributed by atoms with Gasteiger partial charge in [0.25, 0.3) is 6.01 Å². The smallest absolute Gasteiger partial charge is 0.297 e. The average molecular weight is 204 g/mol. The maximum absolute atomic E-state index is 5.69. The number of para-hydroxylation sites is 2. The lowest BCUT2D eigenvalue weighted by Gasteiger charge is -2.25. The molecule has 0 atom stereocenters. The summed E-state index contributed by atoms with van der Waals surface area (Å²) in [7, 11) is 1.96. The van der Waals surface area contributed by atoms with Gasteiger partial charge in [-0.3, -0.25) is 4.57 Å². The Labute approximate surface area is 87.4 Å². The molecule has 4 nitrogen and oxygen atoms in total. The van der Waals surface area contributed by atoms with E-state index in [0.717, 1.165) is 11.0 Å². The molecule has 0 saturated carbocycles. The zero-order valence-corrected chi connectivity index (χ0v) is 8.51. The maximum Gasteiger partial charge on any atom is 0.297 e. The molecule has 0 spiro atoms. The Kier molecular flexibility index (Phi) is 1.89. The van der Waals surface area contributed by atoms with Gasteiger partial charge in [-0.1, -0.05) is 12.1 Å². The first kappa shape index (κ1) is 8.73. The second-order valence-electron chi connectivity index (χ2n) is 3.72. The zero-order chi connectivity index (χ0) is 10.3. The second kappa shape index (κ2) is 3.24. The molecular weight excluding hydrogens is 192 g/mol. The van der Waals surface area contributed by atoms with Crippen LogP contribution in [-0.2, 0) is 11.8 Å². The highest BCUT2D eigenvalue weighted by Gasteiger charge is 2.22. The summed E-state index contributed by atoms with van der Waals surface area (Å²) in [5.41, 5.74) is 2.06. The fraction of sp³-hybridized carbons (Fsp3) is 0.364. The minimum Gasteiger partial charge on any atom is -0.456 e. The maximum atomic E-state index is 5.69. The van der Waals surface area contributed by atoms with Gasteiger partial charge in [0.1, 0.15) is 6.10 Å². The Morgan fingerprint density at radius 2 is 2.20 bits per heavy atom. The Morgan fingerprint density at radius 3 is 2.87 bits per heavy atom. The van der Waals surface area contributed by atoms with Crippen LogP contribution in [0.4, 0.5) is 0 Å². The van der Waals surface area contributed by atoms with Crippen molar-refractivity contribution in [2.24, 2.45) is 7.05 Å². The first-order valence-corrected chi connectivity index (χ1v) is 5.00. The molecule has 0 aliphatic carbocycles. The summed E-state index contributed by atoms with van der Waals surface area (Å²) in [6, 6.07) is 8.67. The second-order valence-corrected chi connectivity index (χ2v) is 3.72. The van der Waals surface area contributed by atoms with Crippen molar-refractivity contribution in [2.45, 2.75) is 6.10 Å². The molecule has 1 fully saturated rings. The van der Waals surface area contributed by atoms with E-state index in [1.165, 1.54) is 0 Å². The summed E-state index contributed by atoms with van der Waals surface area (Å²) in [5, 5.41) is 0. The number of aromatic nitrogens is 2. The van der Waals surface area contributed by atoms with Gasteiger partial charge in [0.2, 0.25) is 0 Å². The molecule has 15 heavy (non-hydrogen) atoms. The lowest BCUT2D eigenvalue weighted by Crippen LogP contribution is -2.39. The summed E-state index contributed by atoms with van der Waals surface area (Å²) in [4.78, 5) is 4.42. The normalized spacial score (nSPS) is 16.6. The third-order valence-corrected chi connectivity index (χ3v) is 2.63. The molecule has 0 amide bonds. The van der Waals surface area contributed by atoms with E-state index in [4.69, 9.17) is 9.47 Å². The van der Waals surface area contributed by atoms with Crippen LogP contribution < -0.4 is 4.74 Å². The van der Waals surface area contributed by atoms with Crippen LogP contribution in [0.15, 0.2) is 24.3 Å². The van der Waals surface area contributed by atoms with Crippen LogP contribution in [0.25, 0.3) is 11.0 Å². The van der Waals surface area contributed by atoms with Gasteiger partial charge < -0.3 is 9.47 Å². The van der Waals surface area contributed by atoms with Crippen LogP contribution in [0, 0.1) is 0 Å². The molecule has 4 heteroatoms. The highest BCUT2D eigenvalue weighted by Crippen LogP contribution is 2.21. The Morgan fingerprint density at radius 1 is 1.40 bits per heavy atom. The summed E-state index contributed by atoms with van der Waals surface area (Å²) < 4.78 is 12.7. The number of nitrogens with zero attached hydrogens (tertiary/aromatic N) is 2. The highest BCUT2D eigenvalue weighted by molar-refractivity contribution is 5.76. The van der Waals surface area contributed by atoms with Crippen LogP contribution in [0.3, 0.4) is 0 Å². The predicted molar refractivity (Wildman–Crippen MR) is 55.9 cm³/mol. The Balaban J connectivity index is 1.99. The summed E-state index contributed by atoms with van der Waals surface area (Å²) >= 11 is 0. The van der Waals surface area contributed by atoms with Gasteiger partial charge in [-0.2, -0.15) is 4.98 Å². The van der Waals surface area contributed by atoms with Crippen molar-refractivity contribution < 1.29 is 9.47 Å². The van der Waals surface area contributed by atoms with Gasteiger partial charge in [0, 0.05) is 7.05 Å². The molecule has 78 valence electrons. The number of fused-ring (bicyclic) bond motifs is 1. The SMILES string of the molecule is Cn1c(OC2COC2)nc2ccccc21. The summed E-state index contributed by atoms with van der Waals surface area (Å²) in [5.74, 6) is 0. The molecule has 1 aliphatic heterocycles. The number of ether oxygens (including phenoxy) is 2. The number of rotatable bonds is 2. The van der Waals surface area contributed by atoms with E-state index >= 15 is 0 Å². The molecule has 0 N–H and O–H groups in total. The molecular formula is C11H12N2O2. The molecule has 2 aromatic rings. The monoisotopic (exact) mass is 204 g/mol. The molecule has 1 saturated heterocycles. The van der Waals surface area contributed by atoms with Crippen LogP contribution in [-0.4, -0.2) is 28.9 Å². The topological polar surface area (TPSA) is 36.3 Å². The minimum atomic E-state index is 0.167. The van der Waals surface area contributed by atoms with E-state index in [1.54, 1.807) is 0 Å². The molecule has 1 aliphatic rings. The highest BCUT2D eigenvalue weighted by atomic mass is 16.6. The van der Waals surface area contributed by atoms with Crippen molar-refractivity contribution in [2.75, 3.05) is 13.2 Å². The van der Waals surface area contributed by atoms with E-state index in [-0.39, 0.29) is 6.10 Å². The van der Waals surface area contributed by atoms with E-state index in [1.807, 2.05) is 35.9 Å². The predicted octanol–water partition coefficient (Wildman–Crippen LogP) is 1.35. The third-order valence-electron chi connectivity index (χ3n) is 2.63. The standard InChI is InChI=1S/C11H12N2O2/c1-13-10-5-3-2-4-9(10)12-11(13)15-8-6-14-7-8/h2-5,8H,6-7H2,1H3. The van der Waals surface area contributed by atoms with Gasteiger partial charge in [0.05, 0.1) is 24.2 Å².